The Morgan fingerprint density at radius 1 is 0.944 bits per heavy atom. The van der Waals surface area contributed by atoms with Crippen molar-refractivity contribution in [3.8, 4) is 17.0 Å². The molecule has 5 rings (SSSR count). The lowest BCUT2D eigenvalue weighted by Gasteiger charge is -2.30. The summed E-state index contributed by atoms with van der Waals surface area (Å²) in [5.74, 6) is 0.146. The Hall–Kier alpha value is -3.50. The van der Waals surface area contributed by atoms with Crippen molar-refractivity contribution < 1.29 is 22.7 Å². The second kappa shape index (κ2) is 9.87. The van der Waals surface area contributed by atoms with Crippen LogP contribution in [0.15, 0.2) is 93.8 Å². The fourth-order valence-corrected chi connectivity index (χ4v) is 5.47. The van der Waals surface area contributed by atoms with Gasteiger partial charge in [-0.2, -0.15) is 13.2 Å². The highest BCUT2D eigenvalue weighted by molar-refractivity contribution is 8.00. The number of hydrogen-bond donors (Lipinski definition) is 0. The highest BCUT2D eigenvalue weighted by atomic mass is 32.2. The minimum absolute atomic E-state index is 0.111. The maximum Gasteiger partial charge on any atom is 0.433 e. The number of methoxy groups -OCH3 is 1. The molecule has 0 atom stereocenters. The minimum atomic E-state index is -4.66. The Morgan fingerprint density at radius 3 is 2.14 bits per heavy atom. The monoisotopic (exact) mass is 525 g/mol. The van der Waals surface area contributed by atoms with E-state index in [4.69, 9.17) is 4.74 Å². The molecule has 0 radical (unpaired) electrons. The van der Waals surface area contributed by atoms with E-state index in [9.17, 15) is 18.0 Å². The average molecular weight is 526 g/mol. The Morgan fingerprint density at radius 2 is 1.56 bits per heavy atom. The molecule has 182 valence electrons. The van der Waals surface area contributed by atoms with Crippen LogP contribution in [-0.4, -0.2) is 28.7 Å². The number of nitrogens with zero attached hydrogens (tertiary/aromatic N) is 3. The number of thioether (sulfide) groups is 1. The van der Waals surface area contributed by atoms with Crippen molar-refractivity contribution in [2.75, 3.05) is 17.8 Å². The number of benzene rings is 3. The second-order valence-electron chi connectivity index (χ2n) is 7.70. The van der Waals surface area contributed by atoms with Crippen LogP contribution in [-0.2, 0) is 11.0 Å². The zero-order valence-electron chi connectivity index (χ0n) is 18.8. The molecule has 0 N–H and O–H groups in total. The van der Waals surface area contributed by atoms with Crippen LogP contribution in [0.4, 0.5) is 24.5 Å². The third-order valence-electron chi connectivity index (χ3n) is 5.39. The molecule has 0 spiro atoms. The van der Waals surface area contributed by atoms with Gasteiger partial charge in [0.2, 0.25) is 5.91 Å². The number of carbonyl (C=O) groups excluding carboxylic acids is 1. The minimum Gasteiger partial charge on any atom is -0.497 e. The molecule has 2 heterocycles. The van der Waals surface area contributed by atoms with Crippen molar-refractivity contribution in [3.63, 3.8) is 0 Å². The van der Waals surface area contributed by atoms with Crippen molar-refractivity contribution in [3.05, 3.63) is 84.6 Å². The second-order valence-corrected chi connectivity index (χ2v) is 9.73. The SMILES string of the molecule is COc1ccc(-c2cc(C(F)(F)F)nc(SCC(=O)N3c4ccccc4Sc4ccccc43)n2)cc1. The van der Waals surface area contributed by atoms with Gasteiger partial charge in [0, 0.05) is 15.4 Å². The maximum atomic E-state index is 13.6. The number of ether oxygens (including phenoxy) is 1. The van der Waals surface area contributed by atoms with Gasteiger partial charge in [0.15, 0.2) is 5.16 Å². The van der Waals surface area contributed by atoms with Crippen LogP contribution in [0, 0.1) is 0 Å². The largest absolute Gasteiger partial charge is 0.497 e. The summed E-state index contributed by atoms with van der Waals surface area (Å²) in [6, 6.07) is 22.5. The molecule has 36 heavy (non-hydrogen) atoms. The molecular formula is C26H18F3N3O2S2. The van der Waals surface area contributed by atoms with Crippen LogP contribution in [0.25, 0.3) is 11.3 Å². The molecule has 0 fully saturated rings. The molecule has 0 bridgehead atoms. The first-order valence-electron chi connectivity index (χ1n) is 10.8. The van der Waals surface area contributed by atoms with Crippen molar-refractivity contribution >= 4 is 40.8 Å². The zero-order valence-corrected chi connectivity index (χ0v) is 20.5. The molecule has 0 unspecified atom stereocenters. The average Bonchev–Trinajstić information content (AvgIpc) is 2.89. The lowest BCUT2D eigenvalue weighted by molar-refractivity contribution is -0.141. The van der Waals surface area contributed by atoms with Gasteiger partial charge in [-0.15, -0.1) is 0 Å². The number of alkyl halides is 3. The number of para-hydroxylation sites is 2. The first-order chi connectivity index (χ1) is 17.3. The molecule has 4 aromatic rings. The lowest BCUT2D eigenvalue weighted by atomic mass is 10.1. The molecule has 1 aliphatic heterocycles. The first kappa shape index (κ1) is 24.2. The summed E-state index contributed by atoms with van der Waals surface area (Å²) in [4.78, 5) is 24.9. The van der Waals surface area contributed by atoms with E-state index < -0.39 is 11.9 Å². The summed E-state index contributed by atoms with van der Waals surface area (Å²) in [5, 5.41) is -0.128. The van der Waals surface area contributed by atoms with Crippen LogP contribution >= 0.6 is 23.5 Å². The molecular weight excluding hydrogens is 507 g/mol. The van der Waals surface area contributed by atoms with Crippen LogP contribution in [0.5, 0.6) is 5.75 Å². The van der Waals surface area contributed by atoms with Crippen LogP contribution in [0.3, 0.4) is 0 Å². The number of aromatic nitrogens is 2. The van der Waals surface area contributed by atoms with Gasteiger partial charge in [0.1, 0.15) is 11.4 Å². The Labute approximate surface area is 213 Å². The van der Waals surface area contributed by atoms with Gasteiger partial charge in [-0.3, -0.25) is 9.69 Å². The van der Waals surface area contributed by atoms with E-state index in [-0.39, 0.29) is 22.5 Å². The standard InChI is InChI=1S/C26H18F3N3O2S2/c1-34-17-12-10-16(11-13-17)18-14-23(26(27,28)29)31-25(30-18)35-15-24(33)32-19-6-2-4-8-21(19)36-22-9-5-3-7-20(22)32/h2-14H,15H2,1H3. The van der Waals surface area contributed by atoms with Crippen LogP contribution in [0.1, 0.15) is 5.69 Å². The summed E-state index contributed by atoms with van der Waals surface area (Å²) in [5.41, 5.74) is 0.988. The van der Waals surface area contributed by atoms with E-state index in [0.717, 1.165) is 39.0 Å². The van der Waals surface area contributed by atoms with Crippen molar-refractivity contribution in [2.24, 2.45) is 0 Å². The molecule has 1 aliphatic rings. The van der Waals surface area contributed by atoms with Crippen LogP contribution in [0.2, 0.25) is 0 Å². The summed E-state index contributed by atoms with van der Waals surface area (Å²) in [6.07, 6.45) is -4.66. The van der Waals surface area contributed by atoms with Gasteiger partial charge in [-0.05, 0) is 54.6 Å². The van der Waals surface area contributed by atoms with E-state index in [1.807, 2.05) is 48.5 Å². The smallest absolute Gasteiger partial charge is 0.433 e. The number of amides is 1. The highest BCUT2D eigenvalue weighted by Crippen LogP contribution is 2.48. The third-order valence-corrected chi connectivity index (χ3v) is 7.35. The number of anilines is 2. The van der Waals surface area contributed by atoms with E-state index >= 15 is 0 Å². The molecule has 1 aromatic heterocycles. The summed E-state index contributed by atoms with van der Waals surface area (Å²) < 4.78 is 45.9. The third kappa shape index (κ3) is 4.91. The first-order valence-corrected chi connectivity index (χ1v) is 12.6. The molecule has 0 aliphatic carbocycles. The van der Waals surface area contributed by atoms with E-state index in [2.05, 4.69) is 9.97 Å². The fraction of sp³-hybridized carbons (Fsp3) is 0.115. The molecule has 3 aromatic carbocycles. The lowest BCUT2D eigenvalue weighted by Crippen LogP contribution is -2.30. The molecule has 1 amide bonds. The van der Waals surface area contributed by atoms with Gasteiger partial charge in [-0.25, -0.2) is 9.97 Å². The van der Waals surface area contributed by atoms with Crippen molar-refractivity contribution in [1.29, 1.82) is 0 Å². The predicted molar refractivity (Wildman–Crippen MR) is 134 cm³/mol. The van der Waals surface area contributed by atoms with E-state index in [1.54, 1.807) is 40.9 Å². The number of halogens is 3. The highest BCUT2D eigenvalue weighted by Gasteiger charge is 2.34. The van der Waals surface area contributed by atoms with Crippen molar-refractivity contribution in [2.45, 2.75) is 21.1 Å². The van der Waals surface area contributed by atoms with Crippen molar-refractivity contribution in [1.82, 2.24) is 9.97 Å². The van der Waals surface area contributed by atoms with Gasteiger partial charge in [-0.1, -0.05) is 47.8 Å². The quantitative estimate of drug-likeness (QED) is 0.205. The van der Waals surface area contributed by atoms with Gasteiger partial charge in [0.25, 0.3) is 0 Å². The summed E-state index contributed by atoms with van der Waals surface area (Å²) >= 11 is 2.44. The molecule has 0 saturated carbocycles. The Balaban J connectivity index is 1.45. The number of carbonyl (C=O) groups is 1. The fourth-order valence-electron chi connectivity index (χ4n) is 3.71. The Kier molecular flexibility index (Phi) is 6.63. The summed E-state index contributed by atoms with van der Waals surface area (Å²) in [6.45, 7) is 0. The predicted octanol–water partition coefficient (Wildman–Crippen LogP) is 7.09. The van der Waals surface area contributed by atoms with Crippen LogP contribution < -0.4 is 9.64 Å². The zero-order chi connectivity index (χ0) is 25.3. The normalized spacial score (nSPS) is 12.6. The molecule has 0 saturated heterocycles. The number of fused-ring (bicyclic) bond motifs is 2. The van der Waals surface area contributed by atoms with E-state index in [0.29, 0.717) is 11.3 Å². The number of hydrogen-bond acceptors (Lipinski definition) is 6. The molecule has 5 nitrogen and oxygen atoms in total. The maximum absolute atomic E-state index is 13.6. The van der Waals surface area contributed by atoms with E-state index in [1.165, 1.54) is 7.11 Å². The Bertz CT molecular complexity index is 1380. The summed E-state index contributed by atoms with van der Waals surface area (Å²) in [7, 11) is 1.50. The van der Waals surface area contributed by atoms with Gasteiger partial charge >= 0.3 is 6.18 Å². The van der Waals surface area contributed by atoms with Gasteiger partial charge < -0.3 is 4.74 Å². The molecule has 10 heteroatoms. The number of rotatable bonds is 5. The van der Waals surface area contributed by atoms with Gasteiger partial charge in [0.05, 0.1) is 29.9 Å². The topological polar surface area (TPSA) is 55.3 Å².